The van der Waals surface area contributed by atoms with Crippen molar-refractivity contribution in [1.29, 1.82) is 0 Å². The van der Waals surface area contributed by atoms with Crippen molar-refractivity contribution in [2.24, 2.45) is 7.05 Å². The first-order valence-corrected chi connectivity index (χ1v) is 7.40. The fourth-order valence-electron chi connectivity index (χ4n) is 1.71. The van der Waals surface area contributed by atoms with Crippen LogP contribution in [0.2, 0.25) is 0 Å². The third-order valence-corrected chi connectivity index (χ3v) is 4.37. The van der Waals surface area contributed by atoms with Crippen LogP contribution in [0.5, 0.6) is 0 Å². The average molecular weight is 341 g/mol. The van der Waals surface area contributed by atoms with Crippen molar-refractivity contribution in [3.63, 3.8) is 0 Å². The molecule has 0 unspecified atom stereocenters. The van der Waals surface area contributed by atoms with Gasteiger partial charge in [0.05, 0.1) is 11.3 Å². The SMILES string of the molecule is Cc1cc(CSc2ccc(Br)c(C(=O)O)c2)n(C)n1. The molecule has 0 saturated carbocycles. The highest BCUT2D eigenvalue weighted by molar-refractivity contribution is 9.10. The number of nitrogens with zero attached hydrogens (tertiary/aromatic N) is 2. The molecule has 1 heterocycles. The van der Waals surface area contributed by atoms with Crippen molar-refractivity contribution in [3.8, 4) is 0 Å². The van der Waals surface area contributed by atoms with E-state index < -0.39 is 5.97 Å². The Kier molecular flexibility index (Phi) is 4.31. The van der Waals surface area contributed by atoms with Gasteiger partial charge in [-0.05, 0) is 47.1 Å². The summed E-state index contributed by atoms with van der Waals surface area (Å²) < 4.78 is 2.44. The smallest absolute Gasteiger partial charge is 0.336 e. The number of aromatic carboxylic acids is 1. The monoisotopic (exact) mass is 340 g/mol. The van der Waals surface area contributed by atoms with Crippen molar-refractivity contribution >= 4 is 33.7 Å². The Morgan fingerprint density at radius 1 is 1.47 bits per heavy atom. The van der Waals surface area contributed by atoms with Gasteiger partial charge in [-0.2, -0.15) is 5.10 Å². The minimum absolute atomic E-state index is 0.284. The summed E-state index contributed by atoms with van der Waals surface area (Å²) in [6.45, 7) is 1.95. The molecule has 4 nitrogen and oxygen atoms in total. The summed E-state index contributed by atoms with van der Waals surface area (Å²) >= 11 is 4.83. The molecule has 0 atom stereocenters. The molecule has 0 aliphatic carbocycles. The van der Waals surface area contributed by atoms with Gasteiger partial charge in [0.25, 0.3) is 0 Å². The van der Waals surface area contributed by atoms with E-state index >= 15 is 0 Å². The molecular weight excluding hydrogens is 328 g/mol. The molecule has 6 heteroatoms. The Morgan fingerprint density at radius 2 is 2.21 bits per heavy atom. The zero-order valence-electron chi connectivity index (χ0n) is 10.6. The molecule has 1 aromatic carbocycles. The fraction of sp³-hybridized carbons (Fsp3) is 0.231. The highest BCUT2D eigenvalue weighted by Gasteiger charge is 2.10. The topological polar surface area (TPSA) is 55.1 Å². The number of rotatable bonds is 4. The fourth-order valence-corrected chi connectivity index (χ4v) is 3.08. The van der Waals surface area contributed by atoms with Crippen molar-refractivity contribution in [2.75, 3.05) is 0 Å². The van der Waals surface area contributed by atoms with Gasteiger partial charge in [-0.1, -0.05) is 0 Å². The maximum absolute atomic E-state index is 11.1. The largest absolute Gasteiger partial charge is 0.478 e. The van der Waals surface area contributed by atoms with Gasteiger partial charge in [0.1, 0.15) is 0 Å². The standard InChI is InChI=1S/C13H13BrN2O2S/c1-8-5-9(16(2)15-8)7-19-10-3-4-12(14)11(6-10)13(17)18/h3-6H,7H2,1-2H3,(H,17,18). The van der Waals surface area contributed by atoms with E-state index in [1.165, 1.54) is 0 Å². The summed E-state index contributed by atoms with van der Waals surface area (Å²) in [5, 5.41) is 13.4. The van der Waals surface area contributed by atoms with Crippen molar-refractivity contribution in [3.05, 3.63) is 45.7 Å². The van der Waals surface area contributed by atoms with Crippen LogP contribution in [0.15, 0.2) is 33.6 Å². The maximum atomic E-state index is 11.1. The minimum Gasteiger partial charge on any atom is -0.478 e. The lowest BCUT2D eigenvalue weighted by Crippen LogP contribution is -1.98. The number of carbonyl (C=O) groups is 1. The van der Waals surface area contributed by atoms with Crippen molar-refractivity contribution in [2.45, 2.75) is 17.6 Å². The van der Waals surface area contributed by atoms with Gasteiger partial charge in [-0.15, -0.1) is 11.8 Å². The van der Waals surface area contributed by atoms with Crippen LogP contribution in [0, 0.1) is 6.92 Å². The average Bonchev–Trinajstić information content (AvgIpc) is 2.66. The van der Waals surface area contributed by atoms with E-state index in [4.69, 9.17) is 5.11 Å². The molecule has 2 aromatic rings. The quantitative estimate of drug-likeness (QED) is 0.865. The molecule has 0 aliphatic heterocycles. The Balaban J connectivity index is 2.14. The summed E-state index contributed by atoms with van der Waals surface area (Å²) in [4.78, 5) is 12.0. The van der Waals surface area contributed by atoms with Crippen LogP contribution in [0.25, 0.3) is 0 Å². The van der Waals surface area contributed by atoms with Gasteiger partial charge < -0.3 is 5.11 Å². The lowest BCUT2D eigenvalue weighted by molar-refractivity contribution is 0.0695. The third-order valence-electron chi connectivity index (χ3n) is 2.65. The normalized spacial score (nSPS) is 10.7. The molecule has 100 valence electrons. The summed E-state index contributed by atoms with van der Waals surface area (Å²) in [6, 6.07) is 7.38. The first-order valence-electron chi connectivity index (χ1n) is 5.62. The summed E-state index contributed by atoms with van der Waals surface area (Å²) in [6.07, 6.45) is 0. The third kappa shape index (κ3) is 3.39. The number of benzene rings is 1. The molecule has 19 heavy (non-hydrogen) atoms. The van der Waals surface area contributed by atoms with E-state index in [-0.39, 0.29) is 5.56 Å². The Morgan fingerprint density at radius 3 is 2.79 bits per heavy atom. The second-order valence-electron chi connectivity index (χ2n) is 4.14. The van der Waals surface area contributed by atoms with Gasteiger partial charge in [-0.25, -0.2) is 4.79 Å². The van der Waals surface area contributed by atoms with Gasteiger partial charge in [0.2, 0.25) is 0 Å². The molecule has 2 rings (SSSR count). The zero-order chi connectivity index (χ0) is 14.0. The number of hydrogen-bond acceptors (Lipinski definition) is 3. The minimum atomic E-state index is -0.925. The highest BCUT2D eigenvalue weighted by atomic mass is 79.9. The molecule has 0 saturated heterocycles. The van der Waals surface area contributed by atoms with Gasteiger partial charge in [0, 0.05) is 27.9 Å². The number of carboxylic acid groups (broad SMARTS) is 1. The Labute approximate surface area is 124 Å². The number of halogens is 1. The van der Waals surface area contributed by atoms with Crippen LogP contribution < -0.4 is 0 Å². The van der Waals surface area contributed by atoms with Crippen LogP contribution in [-0.2, 0) is 12.8 Å². The lowest BCUT2D eigenvalue weighted by atomic mass is 10.2. The van der Waals surface area contributed by atoms with Gasteiger partial charge >= 0.3 is 5.97 Å². The lowest BCUT2D eigenvalue weighted by Gasteiger charge is -2.05. The molecule has 1 aromatic heterocycles. The summed E-state index contributed by atoms with van der Waals surface area (Å²) in [5.41, 5.74) is 2.38. The Bertz CT molecular complexity index is 625. The van der Waals surface area contributed by atoms with Crippen LogP contribution in [0.4, 0.5) is 0 Å². The molecule has 0 spiro atoms. The summed E-state index contributed by atoms with van der Waals surface area (Å²) in [5.74, 6) is -0.163. The van der Waals surface area contributed by atoms with E-state index in [0.29, 0.717) is 4.47 Å². The number of aryl methyl sites for hydroxylation is 2. The molecule has 0 bridgehead atoms. The first kappa shape index (κ1) is 14.1. The molecule has 0 fully saturated rings. The van der Waals surface area contributed by atoms with Crippen LogP contribution in [0.1, 0.15) is 21.7 Å². The van der Waals surface area contributed by atoms with E-state index in [9.17, 15) is 4.79 Å². The van der Waals surface area contributed by atoms with Crippen molar-refractivity contribution < 1.29 is 9.90 Å². The van der Waals surface area contributed by atoms with E-state index in [2.05, 4.69) is 21.0 Å². The second kappa shape index (κ2) is 5.79. The molecule has 0 amide bonds. The van der Waals surface area contributed by atoms with Crippen LogP contribution in [0.3, 0.4) is 0 Å². The number of hydrogen-bond donors (Lipinski definition) is 1. The summed E-state index contributed by atoms with van der Waals surface area (Å²) in [7, 11) is 1.91. The van der Waals surface area contributed by atoms with Crippen molar-refractivity contribution in [1.82, 2.24) is 9.78 Å². The maximum Gasteiger partial charge on any atom is 0.336 e. The molecular formula is C13H13BrN2O2S. The van der Waals surface area contributed by atoms with E-state index in [1.807, 2.05) is 30.8 Å². The predicted molar refractivity (Wildman–Crippen MR) is 78.6 cm³/mol. The zero-order valence-corrected chi connectivity index (χ0v) is 13.0. The second-order valence-corrected chi connectivity index (χ2v) is 6.04. The molecule has 1 N–H and O–H groups in total. The van der Waals surface area contributed by atoms with Crippen LogP contribution >= 0.6 is 27.7 Å². The number of aromatic nitrogens is 2. The highest BCUT2D eigenvalue weighted by Crippen LogP contribution is 2.27. The van der Waals surface area contributed by atoms with Gasteiger partial charge in [-0.3, -0.25) is 4.68 Å². The first-order chi connectivity index (χ1) is 8.97. The van der Waals surface area contributed by atoms with E-state index in [0.717, 1.165) is 22.0 Å². The van der Waals surface area contributed by atoms with E-state index in [1.54, 1.807) is 23.9 Å². The Hall–Kier alpha value is -1.27. The number of carboxylic acids is 1. The number of thioether (sulfide) groups is 1. The molecule has 0 radical (unpaired) electrons. The van der Waals surface area contributed by atoms with Crippen LogP contribution in [-0.4, -0.2) is 20.9 Å². The predicted octanol–water partition coefficient (Wildman–Crippen LogP) is 3.48. The van der Waals surface area contributed by atoms with Gasteiger partial charge in [0.15, 0.2) is 0 Å². The molecule has 0 aliphatic rings.